The first-order valence-electron chi connectivity index (χ1n) is 13.1. The number of sulfonamides is 1. The SMILES string of the molecule is CCCCNC(=O)[C@@H](C)N(Cc1ccccc1F)C(=O)CN(c1cc(Cl)ccc1C)S(=O)(=O)c1ccc(C)cc1. The van der Waals surface area contributed by atoms with Crippen LogP contribution in [0.15, 0.2) is 71.6 Å². The van der Waals surface area contributed by atoms with E-state index in [1.807, 2.05) is 13.8 Å². The minimum Gasteiger partial charge on any atom is -0.354 e. The molecule has 0 fully saturated rings. The first kappa shape index (κ1) is 31.1. The highest BCUT2D eigenvalue weighted by molar-refractivity contribution is 7.92. The zero-order valence-corrected chi connectivity index (χ0v) is 24.7. The quantitative estimate of drug-likeness (QED) is 0.279. The molecule has 0 aromatic heterocycles. The Balaban J connectivity index is 2.05. The Morgan fingerprint density at radius 2 is 1.70 bits per heavy atom. The number of aryl methyl sites for hydroxylation is 2. The number of rotatable bonds is 12. The second-order valence-electron chi connectivity index (χ2n) is 9.69. The number of hydrogen-bond acceptors (Lipinski definition) is 4. The van der Waals surface area contributed by atoms with Crippen molar-refractivity contribution in [2.45, 2.75) is 58.0 Å². The minimum atomic E-state index is -4.23. The van der Waals surface area contributed by atoms with Crippen molar-refractivity contribution in [1.82, 2.24) is 10.2 Å². The van der Waals surface area contributed by atoms with Crippen LogP contribution in [0.4, 0.5) is 10.1 Å². The molecule has 0 aliphatic carbocycles. The van der Waals surface area contributed by atoms with Gasteiger partial charge in [0.25, 0.3) is 10.0 Å². The molecule has 0 saturated carbocycles. The number of nitrogens with one attached hydrogen (secondary N) is 1. The molecule has 3 rings (SSSR count). The lowest BCUT2D eigenvalue weighted by Gasteiger charge is -2.32. The molecule has 10 heteroatoms. The Morgan fingerprint density at radius 1 is 1.02 bits per heavy atom. The van der Waals surface area contributed by atoms with Crippen molar-refractivity contribution < 1.29 is 22.4 Å². The van der Waals surface area contributed by atoms with Gasteiger partial charge in [-0.2, -0.15) is 0 Å². The van der Waals surface area contributed by atoms with Crippen LogP contribution >= 0.6 is 11.6 Å². The summed E-state index contributed by atoms with van der Waals surface area (Å²) in [4.78, 5) is 28.1. The number of anilines is 1. The van der Waals surface area contributed by atoms with Gasteiger partial charge in [0.1, 0.15) is 18.4 Å². The smallest absolute Gasteiger partial charge is 0.264 e. The molecule has 0 saturated heterocycles. The van der Waals surface area contributed by atoms with Crippen molar-refractivity contribution in [2.24, 2.45) is 0 Å². The Labute approximate surface area is 241 Å². The second kappa shape index (κ2) is 13.8. The fraction of sp³-hybridized carbons (Fsp3) is 0.333. The highest BCUT2D eigenvalue weighted by Gasteiger charge is 2.33. The number of amides is 2. The van der Waals surface area contributed by atoms with Gasteiger partial charge in [-0.05, 0) is 63.1 Å². The summed E-state index contributed by atoms with van der Waals surface area (Å²) in [6, 6.07) is 16.0. The molecule has 0 spiro atoms. The fourth-order valence-corrected chi connectivity index (χ4v) is 5.77. The maximum Gasteiger partial charge on any atom is 0.264 e. The number of benzene rings is 3. The molecule has 0 heterocycles. The molecule has 0 aliphatic heterocycles. The van der Waals surface area contributed by atoms with E-state index in [1.165, 1.54) is 41.3 Å². The number of nitrogens with zero attached hydrogens (tertiary/aromatic N) is 2. The van der Waals surface area contributed by atoms with Crippen molar-refractivity contribution in [1.29, 1.82) is 0 Å². The third-order valence-corrected chi connectivity index (χ3v) is 8.63. The van der Waals surface area contributed by atoms with Gasteiger partial charge < -0.3 is 10.2 Å². The summed E-state index contributed by atoms with van der Waals surface area (Å²) in [6.45, 7) is 6.67. The lowest BCUT2D eigenvalue weighted by Crippen LogP contribution is -2.51. The van der Waals surface area contributed by atoms with Gasteiger partial charge in [-0.1, -0.05) is 66.9 Å². The lowest BCUT2D eigenvalue weighted by molar-refractivity contribution is -0.139. The molecule has 0 bridgehead atoms. The van der Waals surface area contributed by atoms with Crippen LogP contribution in [0.25, 0.3) is 0 Å². The average molecular weight is 588 g/mol. The topological polar surface area (TPSA) is 86.8 Å². The zero-order valence-electron chi connectivity index (χ0n) is 23.2. The molecule has 40 heavy (non-hydrogen) atoms. The van der Waals surface area contributed by atoms with Crippen LogP contribution in [0.5, 0.6) is 0 Å². The van der Waals surface area contributed by atoms with E-state index < -0.39 is 40.2 Å². The van der Waals surface area contributed by atoms with Crippen LogP contribution in [-0.2, 0) is 26.2 Å². The van der Waals surface area contributed by atoms with Crippen LogP contribution in [0.1, 0.15) is 43.4 Å². The molecule has 0 radical (unpaired) electrons. The van der Waals surface area contributed by atoms with E-state index in [4.69, 9.17) is 11.6 Å². The molecular formula is C30H35ClFN3O4S. The molecule has 2 amide bonds. The third kappa shape index (κ3) is 7.61. The highest BCUT2D eigenvalue weighted by Crippen LogP contribution is 2.30. The standard InChI is InChI=1S/C30H35ClFN3O4S/c1-5-6-17-33-30(37)23(4)34(19-24-9-7-8-10-27(24)32)29(36)20-35(28-18-25(31)14-13-22(28)3)40(38,39)26-15-11-21(2)12-16-26/h7-16,18,23H,5-6,17,19-20H2,1-4H3,(H,33,37)/t23-/m1/s1. The first-order valence-corrected chi connectivity index (χ1v) is 14.9. The Bertz CT molecular complexity index is 1450. The molecule has 0 aliphatic rings. The van der Waals surface area contributed by atoms with Crippen LogP contribution in [0.2, 0.25) is 5.02 Å². The summed E-state index contributed by atoms with van der Waals surface area (Å²) >= 11 is 6.24. The highest BCUT2D eigenvalue weighted by atomic mass is 35.5. The largest absolute Gasteiger partial charge is 0.354 e. The number of unbranched alkanes of at least 4 members (excludes halogenated alkanes) is 1. The maximum absolute atomic E-state index is 14.6. The lowest BCUT2D eigenvalue weighted by atomic mass is 10.1. The summed E-state index contributed by atoms with van der Waals surface area (Å²) in [5.41, 5.74) is 1.89. The van der Waals surface area contributed by atoms with Crippen molar-refractivity contribution in [3.05, 3.63) is 94.3 Å². The number of hydrogen-bond donors (Lipinski definition) is 1. The summed E-state index contributed by atoms with van der Waals surface area (Å²) in [7, 11) is -4.23. The van der Waals surface area contributed by atoms with Crippen LogP contribution in [0, 0.1) is 19.7 Å². The fourth-order valence-electron chi connectivity index (χ4n) is 4.13. The van der Waals surface area contributed by atoms with E-state index >= 15 is 0 Å². The maximum atomic E-state index is 14.6. The molecule has 7 nitrogen and oxygen atoms in total. The van der Waals surface area contributed by atoms with Gasteiger partial charge in [0, 0.05) is 23.7 Å². The molecular weight excluding hydrogens is 553 g/mol. The van der Waals surface area contributed by atoms with Gasteiger partial charge in [0.05, 0.1) is 10.6 Å². The first-order chi connectivity index (χ1) is 18.9. The van der Waals surface area contributed by atoms with Crippen molar-refractivity contribution in [3.63, 3.8) is 0 Å². The summed E-state index contributed by atoms with van der Waals surface area (Å²) in [6.07, 6.45) is 1.63. The van der Waals surface area contributed by atoms with Gasteiger partial charge in [-0.25, -0.2) is 12.8 Å². The Morgan fingerprint density at radius 3 is 2.35 bits per heavy atom. The van der Waals surface area contributed by atoms with E-state index in [0.717, 1.165) is 22.7 Å². The number of halogens is 2. The number of carbonyl (C=O) groups excluding carboxylic acids is 2. The Kier molecular flexibility index (Phi) is 10.7. The van der Waals surface area contributed by atoms with E-state index in [-0.39, 0.29) is 22.7 Å². The van der Waals surface area contributed by atoms with E-state index in [9.17, 15) is 22.4 Å². The second-order valence-corrected chi connectivity index (χ2v) is 12.0. The normalized spacial score (nSPS) is 12.1. The summed E-state index contributed by atoms with van der Waals surface area (Å²) in [5, 5.41) is 3.10. The monoisotopic (exact) mass is 587 g/mol. The van der Waals surface area contributed by atoms with Crippen LogP contribution in [0.3, 0.4) is 0 Å². The van der Waals surface area contributed by atoms with Gasteiger partial charge in [-0.15, -0.1) is 0 Å². The van der Waals surface area contributed by atoms with Gasteiger partial charge in [0.15, 0.2) is 0 Å². The summed E-state index contributed by atoms with van der Waals surface area (Å²) in [5.74, 6) is -1.62. The zero-order chi connectivity index (χ0) is 29.4. The van der Waals surface area contributed by atoms with Gasteiger partial charge in [0.2, 0.25) is 11.8 Å². The predicted molar refractivity (Wildman–Crippen MR) is 156 cm³/mol. The molecule has 3 aromatic carbocycles. The molecule has 1 N–H and O–H groups in total. The molecule has 214 valence electrons. The van der Waals surface area contributed by atoms with E-state index in [0.29, 0.717) is 17.1 Å². The minimum absolute atomic E-state index is 0.00344. The number of carbonyl (C=O) groups is 2. The van der Waals surface area contributed by atoms with Crippen molar-refractivity contribution in [3.8, 4) is 0 Å². The van der Waals surface area contributed by atoms with Crippen molar-refractivity contribution >= 4 is 39.1 Å². The van der Waals surface area contributed by atoms with Crippen molar-refractivity contribution in [2.75, 3.05) is 17.4 Å². The Hall–Kier alpha value is -3.43. The molecule has 3 aromatic rings. The van der Waals surface area contributed by atoms with E-state index in [2.05, 4.69) is 5.32 Å². The van der Waals surface area contributed by atoms with Gasteiger partial charge in [-0.3, -0.25) is 13.9 Å². The molecule has 1 atom stereocenters. The summed E-state index contributed by atoms with van der Waals surface area (Å²) < 4.78 is 43.5. The van der Waals surface area contributed by atoms with Crippen LogP contribution < -0.4 is 9.62 Å². The third-order valence-electron chi connectivity index (χ3n) is 6.62. The van der Waals surface area contributed by atoms with Gasteiger partial charge >= 0.3 is 0 Å². The average Bonchev–Trinajstić information content (AvgIpc) is 2.92. The molecule has 0 unspecified atom stereocenters. The van der Waals surface area contributed by atoms with Crippen LogP contribution in [-0.4, -0.2) is 44.3 Å². The predicted octanol–water partition coefficient (Wildman–Crippen LogP) is 5.62. The van der Waals surface area contributed by atoms with E-state index in [1.54, 1.807) is 44.2 Å².